The van der Waals surface area contributed by atoms with Gasteiger partial charge in [0.1, 0.15) is 0 Å². The normalized spacial score (nSPS) is 10.8. The Bertz CT molecular complexity index is 601. The molecule has 0 saturated heterocycles. The zero-order valence-electron chi connectivity index (χ0n) is 10.5. The van der Waals surface area contributed by atoms with Crippen molar-refractivity contribution in [2.24, 2.45) is 0 Å². The lowest BCUT2D eigenvalue weighted by Gasteiger charge is -2.03. The lowest BCUT2D eigenvalue weighted by atomic mass is 10.2. The molecule has 1 aromatic carbocycles. The number of aromatic amines is 1. The van der Waals surface area contributed by atoms with Gasteiger partial charge < -0.3 is 5.32 Å². The number of hydrogen-bond acceptors (Lipinski definition) is 2. The fourth-order valence-corrected chi connectivity index (χ4v) is 2.15. The third-order valence-corrected chi connectivity index (χ3v) is 3.23. The predicted octanol–water partition coefficient (Wildman–Crippen LogP) is 1.89. The summed E-state index contributed by atoms with van der Waals surface area (Å²) in [5, 5.41) is 6.67. The number of aryl methyl sites for hydroxylation is 1. The molecular formula is C13H16ClN3O. The van der Waals surface area contributed by atoms with Gasteiger partial charge in [0.25, 0.3) is 5.56 Å². The summed E-state index contributed by atoms with van der Waals surface area (Å²) in [6.45, 7) is 2.68. The molecule has 0 bridgehead atoms. The van der Waals surface area contributed by atoms with E-state index in [0.717, 1.165) is 17.8 Å². The lowest BCUT2D eigenvalue weighted by Crippen LogP contribution is -2.20. The van der Waals surface area contributed by atoms with E-state index in [0.29, 0.717) is 17.1 Å². The van der Waals surface area contributed by atoms with Crippen molar-refractivity contribution in [2.45, 2.75) is 13.3 Å². The molecule has 0 aliphatic heterocycles. The topological polar surface area (TPSA) is 49.8 Å². The van der Waals surface area contributed by atoms with Crippen LogP contribution in [0.15, 0.2) is 29.1 Å². The Kier molecular flexibility index (Phi) is 3.89. The van der Waals surface area contributed by atoms with E-state index < -0.39 is 0 Å². The first-order chi connectivity index (χ1) is 8.65. The Balaban J connectivity index is 2.48. The zero-order valence-corrected chi connectivity index (χ0v) is 11.2. The second-order valence-electron chi connectivity index (χ2n) is 4.16. The minimum absolute atomic E-state index is 0.0316. The van der Waals surface area contributed by atoms with Crippen LogP contribution in [0.2, 0.25) is 5.02 Å². The van der Waals surface area contributed by atoms with Crippen LogP contribution in [0.1, 0.15) is 11.3 Å². The first-order valence-electron chi connectivity index (χ1n) is 5.85. The molecular weight excluding hydrogens is 250 g/mol. The van der Waals surface area contributed by atoms with Gasteiger partial charge in [-0.1, -0.05) is 23.7 Å². The number of benzene rings is 1. The van der Waals surface area contributed by atoms with Crippen molar-refractivity contribution in [3.05, 3.63) is 50.9 Å². The first-order valence-corrected chi connectivity index (χ1v) is 6.23. The van der Waals surface area contributed by atoms with E-state index in [1.165, 1.54) is 4.68 Å². The molecule has 4 nitrogen and oxygen atoms in total. The number of hydrogen-bond donors (Lipinski definition) is 2. The molecule has 1 heterocycles. The van der Waals surface area contributed by atoms with E-state index in [-0.39, 0.29) is 5.56 Å². The van der Waals surface area contributed by atoms with Gasteiger partial charge in [-0.15, -0.1) is 0 Å². The summed E-state index contributed by atoms with van der Waals surface area (Å²) < 4.78 is 1.50. The third-order valence-electron chi connectivity index (χ3n) is 2.91. The van der Waals surface area contributed by atoms with Crippen LogP contribution in [0.4, 0.5) is 0 Å². The highest BCUT2D eigenvalue weighted by Crippen LogP contribution is 2.18. The maximum atomic E-state index is 12.3. The maximum Gasteiger partial charge on any atom is 0.274 e. The summed E-state index contributed by atoms with van der Waals surface area (Å²) in [7, 11) is 1.87. The largest absolute Gasteiger partial charge is 0.319 e. The van der Waals surface area contributed by atoms with Gasteiger partial charge >= 0.3 is 0 Å². The molecule has 2 aromatic rings. The quantitative estimate of drug-likeness (QED) is 0.887. The van der Waals surface area contributed by atoms with Gasteiger partial charge in [0.15, 0.2) is 0 Å². The van der Waals surface area contributed by atoms with Crippen molar-refractivity contribution in [1.29, 1.82) is 0 Å². The first kappa shape index (κ1) is 12.9. The Labute approximate surface area is 111 Å². The van der Waals surface area contributed by atoms with Crippen LogP contribution in [0, 0.1) is 6.92 Å². The fourth-order valence-electron chi connectivity index (χ4n) is 1.93. The summed E-state index contributed by atoms with van der Waals surface area (Å²) in [4.78, 5) is 12.3. The third kappa shape index (κ3) is 2.35. The van der Waals surface area contributed by atoms with Crippen LogP contribution in [0.25, 0.3) is 5.69 Å². The molecule has 0 saturated carbocycles. The number of halogens is 1. The minimum atomic E-state index is -0.0316. The number of likely N-dealkylation sites (N-methyl/N-ethyl adjacent to an activating group) is 1. The standard InChI is InChI=1S/C13H16ClN3O/c1-9-10(7-8-15-2)13(18)17(16-9)12-6-4-3-5-11(12)14/h3-6,15-16H,7-8H2,1-2H3. The molecule has 2 N–H and O–H groups in total. The number of nitrogens with one attached hydrogen (secondary N) is 2. The van der Waals surface area contributed by atoms with Crippen LogP contribution in [0.3, 0.4) is 0 Å². The van der Waals surface area contributed by atoms with Gasteiger partial charge in [-0.25, -0.2) is 4.68 Å². The van der Waals surface area contributed by atoms with Gasteiger partial charge in [-0.3, -0.25) is 9.89 Å². The van der Waals surface area contributed by atoms with Crippen molar-refractivity contribution < 1.29 is 0 Å². The van der Waals surface area contributed by atoms with Gasteiger partial charge in [-0.2, -0.15) is 0 Å². The Morgan fingerprint density at radius 2 is 2.11 bits per heavy atom. The molecule has 5 heteroatoms. The van der Waals surface area contributed by atoms with Crippen LogP contribution in [-0.4, -0.2) is 23.4 Å². The molecule has 0 aliphatic rings. The summed E-state index contributed by atoms with van der Waals surface area (Å²) in [5.41, 5.74) is 2.33. The van der Waals surface area contributed by atoms with E-state index >= 15 is 0 Å². The molecule has 0 amide bonds. The number of nitrogens with zero attached hydrogens (tertiary/aromatic N) is 1. The smallest absolute Gasteiger partial charge is 0.274 e. The predicted molar refractivity (Wildman–Crippen MR) is 73.8 cm³/mol. The summed E-state index contributed by atoms with van der Waals surface area (Å²) in [6.07, 6.45) is 0.703. The molecule has 0 aliphatic carbocycles. The minimum Gasteiger partial charge on any atom is -0.319 e. The van der Waals surface area contributed by atoms with E-state index in [2.05, 4.69) is 10.4 Å². The summed E-state index contributed by atoms with van der Waals surface area (Å²) in [5.74, 6) is 0. The molecule has 0 unspecified atom stereocenters. The molecule has 96 valence electrons. The maximum absolute atomic E-state index is 12.3. The van der Waals surface area contributed by atoms with Crippen molar-refractivity contribution in [2.75, 3.05) is 13.6 Å². The molecule has 0 radical (unpaired) electrons. The average molecular weight is 266 g/mol. The molecule has 0 fully saturated rings. The number of rotatable bonds is 4. The lowest BCUT2D eigenvalue weighted by molar-refractivity contribution is 0.783. The second-order valence-corrected chi connectivity index (χ2v) is 4.57. The van der Waals surface area contributed by atoms with Crippen LogP contribution in [-0.2, 0) is 6.42 Å². The molecule has 1 aromatic heterocycles. The van der Waals surface area contributed by atoms with Crippen molar-refractivity contribution >= 4 is 11.6 Å². The van der Waals surface area contributed by atoms with Gasteiger partial charge in [0, 0.05) is 11.3 Å². The highest BCUT2D eigenvalue weighted by atomic mass is 35.5. The second kappa shape index (κ2) is 5.42. The van der Waals surface area contributed by atoms with Crippen LogP contribution in [0.5, 0.6) is 0 Å². The van der Waals surface area contributed by atoms with Crippen molar-refractivity contribution in [3.63, 3.8) is 0 Å². The molecule has 0 atom stereocenters. The fraction of sp³-hybridized carbons (Fsp3) is 0.308. The van der Waals surface area contributed by atoms with Crippen LogP contribution >= 0.6 is 11.6 Å². The Hall–Kier alpha value is -1.52. The van der Waals surface area contributed by atoms with Gasteiger partial charge in [0.2, 0.25) is 0 Å². The number of aromatic nitrogens is 2. The van der Waals surface area contributed by atoms with E-state index in [9.17, 15) is 4.79 Å². The monoisotopic (exact) mass is 265 g/mol. The molecule has 0 spiro atoms. The van der Waals surface area contributed by atoms with E-state index in [4.69, 9.17) is 11.6 Å². The van der Waals surface area contributed by atoms with Crippen molar-refractivity contribution in [1.82, 2.24) is 15.1 Å². The highest BCUT2D eigenvalue weighted by molar-refractivity contribution is 6.32. The van der Waals surface area contributed by atoms with E-state index in [1.807, 2.05) is 32.2 Å². The zero-order chi connectivity index (χ0) is 13.1. The van der Waals surface area contributed by atoms with Gasteiger partial charge in [-0.05, 0) is 39.1 Å². The van der Waals surface area contributed by atoms with Crippen LogP contribution < -0.4 is 10.9 Å². The summed E-state index contributed by atoms with van der Waals surface area (Å²) >= 11 is 6.10. The number of H-pyrrole nitrogens is 1. The Morgan fingerprint density at radius 3 is 2.78 bits per heavy atom. The number of para-hydroxylation sites is 1. The Morgan fingerprint density at radius 1 is 1.39 bits per heavy atom. The molecule has 2 rings (SSSR count). The summed E-state index contributed by atoms with van der Waals surface area (Å²) in [6, 6.07) is 7.29. The molecule has 18 heavy (non-hydrogen) atoms. The SMILES string of the molecule is CNCCc1c(C)[nH]n(-c2ccccc2Cl)c1=O. The highest BCUT2D eigenvalue weighted by Gasteiger charge is 2.13. The van der Waals surface area contributed by atoms with Crippen molar-refractivity contribution in [3.8, 4) is 5.69 Å². The van der Waals surface area contributed by atoms with Gasteiger partial charge in [0.05, 0.1) is 10.7 Å². The van der Waals surface area contributed by atoms with E-state index in [1.54, 1.807) is 6.07 Å². The average Bonchev–Trinajstić information content (AvgIpc) is 2.63.